The summed E-state index contributed by atoms with van der Waals surface area (Å²) < 4.78 is 10.6. The van der Waals surface area contributed by atoms with E-state index in [1.54, 1.807) is 20.3 Å². The molecule has 0 amide bonds. The van der Waals surface area contributed by atoms with Crippen LogP contribution in [0.15, 0.2) is 23.2 Å². The normalized spacial score (nSPS) is 20.2. The molecule has 1 unspecified atom stereocenters. The van der Waals surface area contributed by atoms with Gasteiger partial charge in [-0.3, -0.25) is 4.99 Å². The monoisotopic (exact) mass is 418 g/mol. The number of methoxy groups -OCH3 is 2. The summed E-state index contributed by atoms with van der Waals surface area (Å²) in [5.74, 6) is 2.09. The second kappa shape index (κ2) is 11.4. The first-order valence-electron chi connectivity index (χ1n) is 11.3. The molecule has 0 radical (unpaired) electrons. The highest BCUT2D eigenvalue weighted by Gasteiger charge is 2.27. The molecule has 1 aliphatic carbocycles. The summed E-state index contributed by atoms with van der Waals surface area (Å²) in [4.78, 5) is 7.32. The Kier molecular flexibility index (Phi) is 8.63. The topological polar surface area (TPSA) is 78.4 Å². The van der Waals surface area contributed by atoms with Crippen LogP contribution < -0.4 is 20.1 Å². The SMILES string of the molecule is CCNC(=NCC(O)c1cc(OC)cc(OC)c1)NC1CCN(C2CCCC2)CC1. The van der Waals surface area contributed by atoms with Crippen LogP contribution in [-0.4, -0.2) is 68.4 Å². The molecule has 0 spiro atoms. The Morgan fingerprint density at radius 1 is 1.10 bits per heavy atom. The van der Waals surface area contributed by atoms with E-state index >= 15 is 0 Å². The quantitative estimate of drug-likeness (QED) is 0.445. The fraction of sp³-hybridized carbons (Fsp3) is 0.696. The maximum Gasteiger partial charge on any atom is 0.191 e. The van der Waals surface area contributed by atoms with Crippen LogP contribution in [0, 0.1) is 0 Å². The van der Waals surface area contributed by atoms with E-state index in [2.05, 4.69) is 27.4 Å². The van der Waals surface area contributed by atoms with Crippen LogP contribution in [0.5, 0.6) is 11.5 Å². The highest BCUT2D eigenvalue weighted by molar-refractivity contribution is 5.80. The van der Waals surface area contributed by atoms with E-state index in [-0.39, 0.29) is 6.54 Å². The molecule has 7 heteroatoms. The number of aliphatic imine (C=N–C) groups is 1. The molecular formula is C23H38N4O3. The van der Waals surface area contributed by atoms with Gasteiger partial charge in [-0.1, -0.05) is 12.8 Å². The van der Waals surface area contributed by atoms with Gasteiger partial charge in [0.05, 0.1) is 26.9 Å². The van der Waals surface area contributed by atoms with E-state index in [4.69, 9.17) is 9.47 Å². The molecule has 2 fully saturated rings. The van der Waals surface area contributed by atoms with Crippen molar-refractivity contribution in [1.82, 2.24) is 15.5 Å². The van der Waals surface area contributed by atoms with E-state index in [1.807, 2.05) is 12.1 Å². The van der Waals surface area contributed by atoms with Crippen LogP contribution >= 0.6 is 0 Å². The number of likely N-dealkylation sites (tertiary alicyclic amines) is 1. The van der Waals surface area contributed by atoms with Gasteiger partial charge in [0.1, 0.15) is 11.5 Å². The minimum atomic E-state index is -0.728. The zero-order valence-electron chi connectivity index (χ0n) is 18.7. The third-order valence-electron chi connectivity index (χ3n) is 6.24. The predicted molar refractivity (Wildman–Crippen MR) is 120 cm³/mol. The lowest BCUT2D eigenvalue weighted by Gasteiger charge is -2.36. The van der Waals surface area contributed by atoms with Gasteiger partial charge in [0.15, 0.2) is 5.96 Å². The van der Waals surface area contributed by atoms with Gasteiger partial charge in [-0.15, -0.1) is 0 Å². The van der Waals surface area contributed by atoms with Crippen LogP contribution in [0.3, 0.4) is 0 Å². The first-order chi connectivity index (χ1) is 14.6. The Morgan fingerprint density at radius 3 is 2.30 bits per heavy atom. The van der Waals surface area contributed by atoms with Gasteiger partial charge in [-0.2, -0.15) is 0 Å². The molecule has 1 heterocycles. The Labute approximate surface area is 180 Å². The lowest BCUT2D eigenvalue weighted by atomic mass is 10.0. The molecule has 2 aliphatic rings. The standard InChI is InChI=1S/C23H38N4O3/c1-4-24-23(26-18-9-11-27(12-10-18)19-7-5-6-8-19)25-16-22(28)17-13-20(29-2)15-21(14-17)30-3/h13-15,18-19,22,28H,4-12,16H2,1-3H3,(H2,24,25,26). The second-order valence-corrected chi connectivity index (χ2v) is 8.27. The van der Waals surface area contributed by atoms with Gasteiger partial charge in [0, 0.05) is 37.8 Å². The van der Waals surface area contributed by atoms with Crippen molar-refractivity contribution in [3.63, 3.8) is 0 Å². The number of ether oxygens (including phenoxy) is 2. The van der Waals surface area contributed by atoms with Crippen molar-refractivity contribution in [3.8, 4) is 11.5 Å². The number of nitrogens with zero attached hydrogens (tertiary/aromatic N) is 2. The summed E-state index contributed by atoms with van der Waals surface area (Å²) in [7, 11) is 3.21. The number of aliphatic hydroxyl groups is 1. The molecule has 30 heavy (non-hydrogen) atoms. The molecular weight excluding hydrogens is 380 g/mol. The highest BCUT2D eigenvalue weighted by atomic mass is 16.5. The van der Waals surface area contributed by atoms with Crippen molar-refractivity contribution in [2.24, 2.45) is 4.99 Å². The number of hydrogen-bond donors (Lipinski definition) is 3. The Bertz CT molecular complexity index is 661. The van der Waals surface area contributed by atoms with Crippen molar-refractivity contribution in [2.45, 2.75) is 63.6 Å². The van der Waals surface area contributed by atoms with Crippen molar-refractivity contribution >= 4 is 5.96 Å². The lowest BCUT2D eigenvalue weighted by molar-refractivity contribution is 0.150. The second-order valence-electron chi connectivity index (χ2n) is 8.27. The smallest absolute Gasteiger partial charge is 0.191 e. The minimum absolute atomic E-state index is 0.270. The molecule has 1 saturated heterocycles. The van der Waals surface area contributed by atoms with Gasteiger partial charge < -0.3 is 30.1 Å². The first kappa shape index (κ1) is 22.7. The van der Waals surface area contributed by atoms with Gasteiger partial charge in [-0.25, -0.2) is 0 Å². The van der Waals surface area contributed by atoms with Crippen LogP contribution in [0.4, 0.5) is 0 Å². The molecule has 1 saturated carbocycles. The summed E-state index contributed by atoms with van der Waals surface area (Å²) in [5, 5.41) is 17.5. The molecule has 1 aromatic rings. The van der Waals surface area contributed by atoms with Gasteiger partial charge in [-0.05, 0) is 50.3 Å². The average molecular weight is 419 g/mol. The highest BCUT2D eigenvalue weighted by Crippen LogP contribution is 2.27. The van der Waals surface area contributed by atoms with Gasteiger partial charge >= 0.3 is 0 Å². The van der Waals surface area contributed by atoms with E-state index in [1.165, 1.54) is 25.7 Å². The molecule has 3 rings (SSSR count). The predicted octanol–water partition coefficient (Wildman–Crippen LogP) is 2.70. The minimum Gasteiger partial charge on any atom is -0.497 e. The number of guanidine groups is 1. The third-order valence-corrected chi connectivity index (χ3v) is 6.24. The van der Waals surface area contributed by atoms with Crippen molar-refractivity contribution < 1.29 is 14.6 Å². The van der Waals surface area contributed by atoms with Crippen LogP contribution in [0.2, 0.25) is 0 Å². The molecule has 1 aliphatic heterocycles. The fourth-order valence-electron chi connectivity index (χ4n) is 4.50. The largest absolute Gasteiger partial charge is 0.497 e. The number of nitrogens with one attached hydrogen (secondary N) is 2. The van der Waals surface area contributed by atoms with Gasteiger partial charge in [0.2, 0.25) is 0 Å². The van der Waals surface area contributed by atoms with E-state index in [9.17, 15) is 5.11 Å². The molecule has 7 nitrogen and oxygen atoms in total. The van der Waals surface area contributed by atoms with Gasteiger partial charge in [0.25, 0.3) is 0 Å². The number of rotatable bonds is 8. The summed E-state index contributed by atoms with van der Waals surface area (Å²) in [5.41, 5.74) is 0.732. The molecule has 1 aromatic carbocycles. The Morgan fingerprint density at radius 2 is 1.73 bits per heavy atom. The van der Waals surface area contributed by atoms with Crippen molar-refractivity contribution in [2.75, 3.05) is 40.4 Å². The maximum absolute atomic E-state index is 10.7. The maximum atomic E-state index is 10.7. The zero-order chi connectivity index (χ0) is 21.3. The van der Waals surface area contributed by atoms with Crippen LogP contribution in [0.25, 0.3) is 0 Å². The first-order valence-corrected chi connectivity index (χ1v) is 11.3. The van der Waals surface area contributed by atoms with E-state index < -0.39 is 6.10 Å². The number of hydrogen-bond acceptors (Lipinski definition) is 5. The number of piperidine rings is 1. The third kappa shape index (κ3) is 6.25. The molecule has 0 aromatic heterocycles. The average Bonchev–Trinajstić information content (AvgIpc) is 3.32. The summed E-state index contributed by atoms with van der Waals surface area (Å²) in [6, 6.07) is 6.67. The summed E-state index contributed by atoms with van der Waals surface area (Å²) in [6.45, 7) is 5.44. The molecule has 168 valence electrons. The summed E-state index contributed by atoms with van der Waals surface area (Å²) >= 11 is 0. The molecule has 0 bridgehead atoms. The Balaban J connectivity index is 1.55. The lowest BCUT2D eigenvalue weighted by Crippen LogP contribution is -2.50. The van der Waals surface area contributed by atoms with Crippen molar-refractivity contribution in [3.05, 3.63) is 23.8 Å². The molecule has 3 N–H and O–H groups in total. The van der Waals surface area contributed by atoms with Crippen molar-refractivity contribution in [1.29, 1.82) is 0 Å². The van der Waals surface area contributed by atoms with E-state index in [0.717, 1.165) is 50.0 Å². The fourth-order valence-corrected chi connectivity index (χ4v) is 4.50. The number of benzene rings is 1. The van der Waals surface area contributed by atoms with Crippen LogP contribution in [-0.2, 0) is 0 Å². The van der Waals surface area contributed by atoms with E-state index in [0.29, 0.717) is 17.5 Å². The zero-order valence-corrected chi connectivity index (χ0v) is 18.7. The summed E-state index contributed by atoms with van der Waals surface area (Å²) in [6.07, 6.45) is 7.06. The Hall–Kier alpha value is -1.99. The van der Waals surface area contributed by atoms with Crippen LogP contribution in [0.1, 0.15) is 57.1 Å². The molecule has 1 atom stereocenters. The number of aliphatic hydroxyl groups excluding tert-OH is 1.